The molecular weight excluding hydrogens is 258 g/mol. The van der Waals surface area contributed by atoms with Crippen LogP contribution in [0.1, 0.15) is 24.0 Å². The normalized spacial score (nSPS) is 24.4. The molecule has 1 N–H and O–H groups in total. The average molecular weight is 274 g/mol. The van der Waals surface area contributed by atoms with Crippen molar-refractivity contribution >= 4 is 21.6 Å². The number of nitrogens with one attached hydrogen (secondary N) is 1. The number of hydrogen-bond acceptors (Lipinski definition) is 2. The number of rotatable bonds is 3. The molecule has 1 aromatic carbocycles. The second-order valence-electron chi connectivity index (χ2n) is 4.63. The highest BCUT2D eigenvalue weighted by Crippen LogP contribution is 2.27. The van der Waals surface area contributed by atoms with E-state index < -0.39 is 10.0 Å². The first-order valence-electron chi connectivity index (χ1n) is 5.62. The Labute approximate surface area is 107 Å². The fraction of sp³-hybridized carbons (Fsp3) is 0.500. The Kier molecular flexibility index (Phi) is 3.48. The molecule has 1 aliphatic carbocycles. The largest absolute Gasteiger partial charge is 0.240 e. The van der Waals surface area contributed by atoms with E-state index in [1.807, 2.05) is 19.9 Å². The summed E-state index contributed by atoms with van der Waals surface area (Å²) < 4.78 is 26.8. The molecule has 0 unspecified atom stereocenters. The van der Waals surface area contributed by atoms with E-state index in [2.05, 4.69) is 4.72 Å². The number of halogens is 1. The molecule has 0 spiro atoms. The van der Waals surface area contributed by atoms with Gasteiger partial charge in [0.1, 0.15) is 0 Å². The quantitative estimate of drug-likeness (QED) is 0.860. The first kappa shape index (κ1) is 12.9. The predicted octanol–water partition coefficient (Wildman–Crippen LogP) is 2.35. The van der Waals surface area contributed by atoms with Gasteiger partial charge in [0.15, 0.2) is 0 Å². The molecule has 3 nitrogen and oxygen atoms in total. The van der Waals surface area contributed by atoms with Crippen molar-refractivity contribution in [2.75, 3.05) is 0 Å². The minimum Gasteiger partial charge on any atom is -0.208 e. The van der Waals surface area contributed by atoms with Gasteiger partial charge in [-0.15, -0.1) is 11.6 Å². The molecule has 0 atom stereocenters. The Hall–Kier alpha value is -0.580. The van der Waals surface area contributed by atoms with Crippen LogP contribution in [0.5, 0.6) is 0 Å². The Balaban J connectivity index is 2.17. The third kappa shape index (κ3) is 2.81. The van der Waals surface area contributed by atoms with E-state index in [1.54, 1.807) is 12.1 Å². The molecule has 0 heterocycles. The summed E-state index contributed by atoms with van der Waals surface area (Å²) in [6.07, 6.45) is 1.43. The van der Waals surface area contributed by atoms with E-state index in [4.69, 9.17) is 11.6 Å². The standard InChI is InChI=1S/C12H16ClNO2S/c1-8-3-4-12(5-9(8)2)17(15,16)14-11-6-10(13)7-11/h3-5,10-11,14H,6-7H2,1-2H3. The van der Waals surface area contributed by atoms with Crippen LogP contribution in [0.15, 0.2) is 23.1 Å². The number of sulfonamides is 1. The number of hydrogen-bond donors (Lipinski definition) is 1. The SMILES string of the molecule is Cc1ccc(S(=O)(=O)NC2CC(Cl)C2)cc1C. The molecule has 0 aromatic heterocycles. The predicted molar refractivity (Wildman–Crippen MR) is 68.9 cm³/mol. The monoisotopic (exact) mass is 273 g/mol. The number of benzene rings is 1. The summed E-state index contributed by atoms with van der Waals surface area (Å²) in [4.78, 5) is 0.332. The van der Waals surface area contributed by atoms with E-state index in [9.17, 15) is 8.42 Å². The molecule has 0 aliphatic heterocycles. The molecule has 0 amide bonds. The minimum atomic E-state index is -3.39. The highest BCUT2D eigenvalue weighted by Gasteiger charge is 2.31. The molecular formula is C12H16ClNO2S. The fourth-order valence-corrected chi connectivity index (χ4v) is 3.59. The van der Waals surface area contributed by atoms with Gasteiger partial charge in [0.05, 0.1) is 4.90 Å². The molecule has 1 saturated carbocycles. The molecule has 0 bridgehead atoms. The van der Waals surface area contributed by atoms with Crippen LogP contribution in [-0.4, -0.2) is 19.8 Å². The van der Waals surface area contributed by atoms with E-state index in [-0.39, 0.29) is 11.4 Å². The molecule has 5 heteroatoms. The van der Waals surface area contributed by atoms with Crippen LogP contribution in [0.4, 0.5) is 0 Å². The first-order valence-corrected chi connectivity index (χ1v) is 7.54. The maximum absolute atomic E-state index is 12.1. The lowest BCUT2D eigenvalue weighted by molar-refractivity contribution is 0.391. The Morgan fingerprint density at radius 2 is 1.88 bits per heavy atom. The molecule has 1 aromatic rings. The van der Waals surface area contributed by atoms with Gasteiger partial charge >= 0.3 is 0 Å². The van der Waals surface area contributed by atoms with Crippen molar-refractivity contribution in [1.29, 1.82) is 0 Å². The van der Waals surface area contributed by atoms with Crippen LogP contribution in [0, 0.1) is 13.8 Å². The lowest BCUT2D eigenvalue weighted by Gasteiger charge is -2.31. The van der Waals surface area contributed by atoms with Crippen molar-refractivity contribution in [3.05, 3.63) is 29.3 Å². The Bertz CT molecular complexity index is 521. The van der Waals surface area contributed by atoms with E-state index >= 15 is 0 Å². The lowest BCUT2D eigenvalue weighted by atomic mass is 9.94. The van der Waals surface area contributed by atoms with Crippen molar-refractivity contribution in [3.8, 4) is 0 Å². The molecule has 1 aliphatic rings. The molecule has 1 fully saturated rings. The number of aryl methyl sites for hydroxylation is 2. The van der Waals surface area contributed by atoms with Crippen LogP contribution in [0.2, 0.25) is 0 Å². The highest BCUT2D eigenvalue weighted by atomic mass is 35.5. The third-order valence-electron chi connectivity index (χ3n) is 3.19. The fourth-order valence-electron chi connectivity index (χ4n) is 1.81. The van der Waals surface area contributed by atoms with Crippen LogP contribution >= 0.6 is 11.6 Å². The topological polar surface area (TPSA) is 46.2 Å². The first-order chi connectivity index (χ1) is 7.88. The van der Waals surface area contributed by atoms with Crippen LogP contribution in [0.25, 0.3) is 0 Å². The van der Waals surface area contributed by atoms with Gasteiger partial charge in [0.25, 0.3) is 0 Å². The molecule has 2 rings (SSSR count). The molecule has 0 radical (unpaired) electrons. The van der Waals surface area contributed by atoms with Crippen LogP contribution in [0.3, 0.4) is 0 Å². The zero-order chi connectivity index (χ0) is 12.6. The van der Waals surface area contributed by atoms with Gasteiger partial charge in [0, 0.05) is 11.4 Å². The summed E-state index contributed by atoms with van der Waals surface area (Å²) >= 11 is 5.83. The van der Waals surface area contributed by atoms with Gasteiger partial charge in [-0.05, 0) is 49.9 Å². The van der Waals surface area contributed by atoms with Crippen molar-refractivity contribution in [3.63, 3.8) is 0 Å². The van der Waals surface area contributed by atoms with Crippen LogP contribution in [-0.2, 0) is 10.0 Å². The van der Waals surface area contributed by atoms with E-state index in [1.165, 1.54) is 0 Å². The molecule has 94 valence electrons. The van der Waals surface area contributed by atoms with Crippen molar-refractivity contribution in [2.45, 2.75) is 43.0 Å². The summed E-state index contributed by atoms with van der Waals surface area (Å²) in [6, 6.07) is 5.16. The van der Waals surface area contributed by atoms with Gasteiger partial charge in [-0.25, -0.2) is 13.1 Å². The number of alkyl halides is 1. The van der Waals surface area contributed by atoms with Gasteiger partial charge in [0.2, 0.25) is 10.0 Å². The van der Waals surface area contributed by atoms with E-state index in [0.29, 0.717) is 17.7 Å². The molecule has 0 saturated heterocycles. The minimum absolute atomic E-state index is 0.0101. The second-order valence-corrected chi connectivity index (χ2v) is 6.96. The van der Waals surface area contributed by atoms with Gasteiger partial charge < -0.3 is 0 Å². The lowest BCUT2D eigenvalue weighted by Crippen LogP contribution is -2.44. The Morgan fingerprint density at radius 3 is 2.41 bits per heavy atom. The van der Waals surface area contributed by atoms with Gasteiger partial charge in [-0.2, -0.15) is 0 Å². The Morgan fingerprint density at radius 1 is 1.24 bits per heavy atom. The van der Waals surface area contributed by atoms with Gasteiger partial charge in [-0.3, -0.25) is 0 Å². The van der Waals surface area contributed by atoms with Crippen LogP contribution < -0.4 is 4.72 Å². The maximum atomic E-state index is 12.1. The van der Waals surface area contributed by atoms with Gasteiger partial charge in [-0.1, -0.05) is 6.07 Å². The zero-order valence-corrected chi connectivity index (χ0v) is 11.5. The third-order valence-corrected chi connectivity index (χ3v) is 5.07. The van der Waals surface area contributed by atoms with Crippen molar-refractivity contribution < 1.29 is 8.42 Å². The van der Waals surface area contributed by atoms with E-state index in [0.717, 1.165) is 11.1 Å². The summed E-state index contributed by atoms with van der Waals surface area (Å²) in [5.41, 5.74) is 2.07. The average Bonchev–Trinajstić information content (AvgIpc) is 2.19. The second kappa shape index (κ2) is 4.59. The molecule has 17 heavy (non-hydrogen) atoms. The van der Waals surface area contributed by atoms with Crippen molar-refractivity contribution in [2.24, 2.45) is 0 Å². The summed E-state index contributed by atoms with van der Waals surface area (Å²) in [5.74, 6) is 0. The zero-order valence-electron chi connectivity index (χ0n) is 9.90. The highest BCUT2D eigenvalue weighted by molar-refractivity contribution is 7.89. The summed E-state index contributed by atoms with van der Waals surface area (Å²) in [5, 5.41) is 0.113. The summed E-state index contributed by atoms with van der Waals surface area (Å²) in [6.45, 7) is 3.87. The smallest absolute Gasteiger partial charge is 0.208 e. The maximum Gasteiger partial charge on any atom is 0.240 e. The van der Waals surface area contributed by atoms with Crippen molar-refractivity contribution in [1.82, 2.24) is 4.72 Å². The summed E-state index contributed by atoms with van der Waals surface area (Å²) in [7, 11) is -3.39.